The Kier molecular flexibility index (Phi) is 6.95. The summed E-state index contributed by atoms with van der Waals surface area (Å²) >= 11 is 0. The van der Waals surface area contributed by atoms with Crippen LogP contribution in [0.5, 0.6) is 11.5 Å². The molecule has 1 N–H and O–H groups in total. The molecule has 186 valence electrons. The van der Waals surface area contributed by atoms with Crippen LogP contribution >= 0.6 is 0 Å². The molecule has 9 heteroatoms. The lowest BCUT2D eigenvalue weighted by atomic mass is 9.98. The summed E-state index contributed by atoms with van der Waals surface area (Å²) in [5, 5.41) is 11.5. The van der Waals surface area contributed by atoms with Crippen LogP contribution in [0.4, 0.5) is 0 Å². The molecule has 2 amide bonds. The summed E-state index contributed by atoms with van der Waals surface area (Å²) in [6, 6.07) is 12.0. The predicted molar refractivity (Wildman–Crippen MR) is 132 cm³/mol. The minimum absolute atomic E-state index is 0.00868. The van der Waals surface area contributed by atoms with Crippen molar-refractivity contribution in [3.05, 3.63) is 48.0 Å². The van der Waals surface area contributed by atoms with E-state index in [2.05, 4.69) is 15.6 Å². The third kappa shape index (κ3) is 5.23. The molecule has 1 fully saturated rings. The van der Waals surface area contributed by atoms with Gasteiger partial charge in [-0.05, 0) is 62.9 Å². The zero-order valence-electron chi connectivity index (χ0n) is 20.9. The zero-order valence-corrected chi connectivity index (χ0v) is 20.9. The van der Waals surface area contributed by atoms with E-state index >= 15 is 0 Å². The lowest BCUT2D eigenvalue weighted by Crippen LogP contribution is -2.51. The van der Waals surface area contributed by atoms with Gasteiger partial charge in [-0.3, -0.25) is 9.59 Å². The zero-order chi connectivity index (χ0) is 25.2. The van der Waals surface area contributed by atoms with Crippen LogP contribution in [-0.4, -0.2) is 57.5 Å². The summed E-state index contributed by atoms with van der Waals surface area (Å²) in [6.07, 6.45) is 2.44. The summed E-state index contributed by atoms with van der Waals surface area (Å²) in [6.45, 7) is 5.96. The normalized spacial score (nSPS) is 14.4. The van der Waals surface area contributed by atoms with Gasteiger partial charge in [-0.2, -0.15) is 0 Å². The summed E-state index contributed by atoms with van der Waals surface area (Å²) in [4.78, 5) is 29.2. The van der Waals surface area contributed by atoms with Crippen molar-refractivity contribution in [1.29, 1.82) is 0 Å². The van der Waals surface area contributed by atoms with Gasteiger partial charge in [0.15, 0.2) is 11.5 Å². The van der Waals surface area contributed by atoms with E-state index in [9.17, 15) is 9.59 Å². The minimum Gasteiger partial charge on any atom is -0.493 e. The van der Waals surface area contributed by atoms with E-state index in [1.165, 1.54) is 0 Å². The molecule has 1 atom stereocenters. The van der Waals surface area contributed by atoms with Crippen LogP contribution in [0.25, 0.3) is 11.0 Å². The van der Waals surface area contributed by atoms with Gasteiger partial charge in [0.1, 0.15) is 18.1 Å². The number of ether oxygens (including phenoxy) is 2. The Morgan fingerprint density at radius 3 is 2.51 bits per heavy atom. The van der Waals surface area contributed by atoms with E-state index in [0.717, 1.165) is 30.3 Å². The Bertz CT molecular complexity index is 1220. The molecule has 1 heterocycles. The van der Waals surface area contributed by atoms with Crippen molar-refractivity contribution >= 4 is 22.8 Å². The molecule has 0 unspecified atom stereocenters. The van der Waals surface area contributed by atoms with Crippen molar-refractivity contribution in [2.75, 3.05) is 14.2 Å². The molecule has 4 rings (SSSR count). The van der Waals surface area contributed by atoms with Crippen LogP contribution in [0.15, 0.2) is 42.5 Å². The number of nitrogens with zero attached hydrogens (tertiary/aromatic N) is 4. The summed E-state index contributed by atoms with van der Waals surface area (Å²) in [7, 11) is 3.12. The van der Waals surface area contributed by atoms with Gasteiger partial charge in [-0.25, -0.2) is 4.68 Å². The molecular formula is C26H33N5O4. The number of benzene rings is 2. The van der Waals surface area contributed by atoms with Crippen molar-refractivity contribution < 1.29 is 19.1 Å². The maximum absolute atomic E-state index is 13.8. The van der Waals surface area contributed by atoms with Crippen LogP contribution in [0, 0.1) is 0 Å². The predicted octanol–water partition coefficient (Wildman–Crippen LogP) is 3.49. The first-order chi connectivity index (χ1) is 16.8. The quantitative estimate of drug-likeness (QED) is 0.478. The number of nitrogens with one attached hydrogen (secondary N) is 1. The highest BCUT2D eigenvalue weighted by Gasteiger charge is 2.42. The number of carbonyl (C=O) groups excluding carboxylic acids is 2. The second-order valence-electron chi connectivity index (χ2n) is 9.51. The summed E-state index contributed by atoms with van der Waals surface area (Å²) in [5.74, 6) is 0.644. The topological polar surface area (TPSA) is 98.6 Å². The molecule has 3 aromatic rings. The maximum Gasteiger partial charge on any atom is 0.247 e. The second-order valence-corrected chi connectivity index (χ2v) is 9.51. The van der Waals surface area contributed by atoms with E-state index < -0.39 is 11.6 Å². The minimum atomic E-state index is -0.824. The van der Waals surface area contributed by atoms with Crippen molar-refractivity contribution in [2.45, 2.75) is 64.2 Å². The SMILES string of the molecule is CCC(C)(C)NC(=O)[C@H](c1ccc(OC)c(OC)c1)N(C(=O)Cn1nnc2ccccc21)C1CC1. The second kappa shape index (κ2) is 9.93. The number of carbonyl (C=O) groups is 2. The fourth-order valence-electron chi connectivity index (χ4n) is 4.11. The molecule has 0 saturated heterocycles. The van der Waals surface area contributed by atoms with E-state index in [1.807, 2.05) is 51.1 Å². The lowest BCUT2D eigenvalue weighted by Gasteiger charge is -2.35. The average Bonchev–Trinajstić information content (AvgIpc) is 3.61. The molecule has 35 heavy (non-hydrogen) atoms. The van der Waals surface area contributed by atoms with Crippen molar-refractivity contribution in [3.8, 4) is 11.5 Å². The van der Waals surface area contributed by atoms with Crippen molar-refractivity contribution in [1.82, 2.24) is 25.2 Å². The van der Waals surface area contributed by atoms with Crippen LogP contribution in [0.3, 0.4) is 0 Å². The molecule has 0 spiro atoms. The van der Waals surface area contributed by atoms with Crippen LogP contribution in [-0.2, 0) is 16.1 Å². The number of methoxy groups -OCH3 is 2. The molecule has 2 aromatic carbocycles. The van der Waals surface area contributed by atoms with Gasteiger partial charge < -0.3 is 19.7 Å². The number of aromatic nitrogens is 3. The summed E-state index contributed by atoms with van der Waals surface area (Å²) in [5.41, 5.74) is 1.73. The number of hydrogen-bond acceptors (Lipinski definition) is 6. The average molecular weight is 480 g/mol. The Morgan fingerprint density at radius 2 is 1.86 bits per heavy atom. The molecule has 0 radical (unpaired) electrons. The fraction of sp³-hybridized carbons (Fsp3) is 0.462. The van der Waals surface area contributed by atoms with Gasteiger partial charge in [-0.1, -0.05) is 30.3 Å². The summed E-state index contributed by atoms with van der Waals surface area (Å²) < 4.78 is 12.5. The van der Waals surface area contributed by atoms with E-state index in [1.54, 1.807) is 35.9 Å². The van der Waals surface area contributed by atoms with Crippen LogP contribution in [0.2, 0.25) is 0 Å². The first-order valence-electron chi connectivity index (χ1n) is 11.9. The first kappa shape index (κ1) is 24.5. The van der Waals surface area contributed by atoms with Gasteiger partial charge in [-0.15, -0.1) is 5.10 Å². The molecule has 0 aliphatic heterocycles. The Morgan fingerprint density at radius 1 is 1.14 bits per heavy atom. The highest BCUT2D eigenvalue weighted by atomic mass is 16.5. The monoisotopic (exact) mass is 479 g/mol. The lowest BCUT2D eigenvalue weighted by molar-refractivity contribution is -0.143. The van der Waals surface area contributed by atoms with Gasteiger partial charge in [0.05, 0.1) is 19.7 Å². The molecule has 1 aliphatic carbocycles. The molecule has 1 aliphatic rings. The number of hydrogen-bond donors (Lipinski definition) is 1. The van der Waals surface area contributed by atoms with Gasteiger partial charge >= 0.3 is 0 Å². The smallest absolute Gasteiger partial charge is 0.247 e. The first-order valence-corrected chi connectivity index (χ1v) is 11.9. The largest absolute Gasteiger partial charge is 0.493 e. The number of rotatable bonds is 10. The van der Waals surface area contributed by atoms with Gasteiger partial charge in [0, 0.05) is 11.6 Å². The van der Waals surface area contributed by atoms with Crippen LogP contribution in [0.1, 0.15) is 51.6 Å². The van der Waals surface area contributed by atoms with Crippen molar-refractivity contribution in [2.24, 2.45) is 0 Å². The molecule has 1 saturated carbocycles. The Balaban J connectivity index is 1.73. The third-order valence-electron chi connectivity index (χ3n) is 6.53. The van der Waals surface area contributed by atoms with Crippen LogP contribution < -0.4 is 14.8 Å². The third-order valence-corrected chi connectivity index (χ3v) is 6.53. The maximum atomic E-state index is 13.8. The fourth-order valence-corrected chi connectivity index (χ4v) is 4.11. The van der Waals surface area contributed by atoms with Crippen molar-refractivity contribution in [3.63, 3.8) is 0 Å². The highest BCUT2D eigenvalue weighted by Crippen LogP contribution is 2.38. The Labute approximate surface area is 205 Å². The number of para-hydroxylation sites is 1. The standard InChI is InChI=1S/C26H33N5O4/c1-6-26(2,3)27-25(33)24(17-11-14-21(34-4)22(15-17)35-5)31(18-12-13-18)23(32)16-30-20-10-8-7-9-19(20)28-29-30/h7-11,14-15,18,24H,6,12-13,16H2,1-5H3,(H,27,33)/t24-/m0/s1. The van der Waals surface area contributed by atoms with E-state index in [4.69, 9.17) is 9.47 Å². The van der Waals surface area contributed by atoms with E-state index in [0.29, 0.717) is 17.1 Å². The van der Waals surface area contributed by atoms with E-state index in [-0.39, 0.29) is 24.4 Å². The number of amides is 2. The van der Waals surface area contributed by atoms with Gasteiger partial charge in [0.2, 0.25) is 11.8 Å². The molecule has 1 aromatic heterocycles. The highest BCUT2D eigenvalue weighted by molar-refractivity contribution is 5.90. The molecular weight excluding hydrogens is 446 g/mol. The van der Waals surface area contributed by atoms with Gasteiger partial charge in [0.25, 0.3) is 0 Å². The molecule has 9 nitrogen and oxygen atoms in total. The molecule has 0 bridgehead atoms. The Hall–Kier alpha value is -3.62. The number of fused-ring (bicyclic) bond motifs is 1.